The minimum atomic E-state index is 0.0715. The van der Waals surface area contributed by atoms with Gasteiger partial charge in [-0.25, -0.2) is 9.78 Å². The number of carbonyl (C=O) groups excluding carboxylic acids is 1. The molecule has 130 valence electrons. The SMILES string of the molecule is CCCNC(=O)N1CCC[C@H](c2nccn2CCCN(C)C)C1. The summed E-state index contributed by atoms with van der Waals surface area (Å²) in [5, 5.41) is 2.98. The molecule has 6 heteroatoms. The summed E-state index contributed by atoms with van der Waals surface area (Å²) in [5.41, 5.74) is 0. The molecule has 1 atom stereocenters. The van der Waals surface area contributed by atoms with Crippen LogP contribution in [-0.4, -0.2) is 65.7 Å². The third-order valence-corrected chi connectivity index (χ3v) is 4.35. The molecular formula is C17H31N5O. The highest BCUT2D eigenvalue weighted by molar-refractivity contribution is 5.74. The van der Waals surface area contributed by atoms with Crippen LogP contribution in [0.25, 0.3) is 0 Å². The third kappa shape index (κ3) is 5.23. The summed E-state index contributed by atoms with van der Waals surface area (Å²) in [6.07, 6.45) is 8.21. The lowest BCUT2D eigenvalue weighted by Gasteiger charge is -2.32. The van der Waals surface area contributed by atoms with Crippen molar-refractivity contribution < 1.29 is 4.79 Å². The number of piperidine rings is 1. The highest BCUT2D eigenvalue weighted by Gasteiger charge is 2.27. The van der Waals surface area contributed by atoms with E-state index in [1.807, 2.05) is 11.1 Å². The summed E-state index contributed by atoms with van der Waals surface area (Å²) in [5.74, 6) is 1.49. The van der Waals surface area contributed by atoms with E-state index in [1.54, 1.807) is 0 Å². The molecular weight excluding hydrogens is 290 g/mol. The molecule has 23 heavy (non-hydrogen) atoms. The fourth-order valence-electron chi connectivity index (χ4n) is 3.14. The van der Waals surface area contributed by atoms with Gasteiger partial charge in [0, 0.05) is 44.5 Å². The molecule has 6 nitrogen and oxygen atoms in total. The summed E-state index contributed by atoms with van der Waals surface area (Å²) < 4.78 is 2.27. The number of nitrogens with one attached hydrogen (secondary N) is 1. The molecule has 0 aliphatic carbocycles. The van der Waals surface area contributed by atoms with E-state index in [0.29, 0.717) is 5.92 Å². The topological polar surface area (TPSA) is 53.4 Å². The van der Waals surface area contributed by atoms with E-state index in [9.17, 15) is 4.79 Å². The Bertz CT molecular complexity index is 485. The Morgan fingerprint density at radius 3 is 3.04 bits per heavy atom. The molecule has 1 aromatic heterocycles. The number of hydrogen-bond acceptors (Lipinski definition) is 3. The van der Waals surface area contributed by atoms with E-state index >= 15 is 0 Å². The van der Waals surface area contributed by atoms with Gasteiger partial charge >= 0.3 is 6.03 Å². The smallest absolute Gasteiger partial charge is 0.317 e. The molecule has 0 radical (unpaired) electrons. The molecule has 1 aliphatic rings. The first-order valence-electron chi connectivity index (χ1n) is 8.80. The molecule has 1 aliphatic heterocycles. The lowest BCUT2D eigenvalue weighted by atomic mass is 9.97. The van der Waals surface area contributed by atoms with Crippen LogP contribution in [0.15, 0.2) is 12.4 Å². The predicted octanol–water partition coefficient (Wildman–Crippen LogP) is 2.13. The normalized spacial score (nSPS) is 18.4. The van der Waals surface area contributed by atoms with Crippen LogP contribution in [0.2, 0.25) is 0 Å². The van der Waals surface area contributed by atoms with Crippen LogP contribution in [0.5, 0.6) is 0 Å². The lowest BCUT2D eigenvalue weighted by Crippen LogP contribution is -2.45. The molecule has 1 fully saturated rings. The molecule has 0 bridgehead atoms. The average molecular weight is 321 g/mol. The number of imidazole rings is 1. The van der Waals surface area contributed by atoms with Gasteiger partial charge in [0.1, 0.15) is 5.82 Å². The van der Waals surface area contributed by atoms with Crippen molar-refractivity contribution in [3.05, 3.63) is 18.2 Å². The van der Waals surface area contributed by atoms with Crippen molar-refractivity contribution in [2.75, 3.05) is 40.3 Å². The van der Waals surface area contributed by atoms with Crippen LogP contribution in [-0.2, 0) is 6.54 Å². The number of rotatable bonds is 7. The van der Waals surface area contributed by atoms with Gasteiger partial charge in [-0.2, -0.15) is 0 Å². The van der Waals surface area contributed by atoms with Crippen molar-refractivity contribution in [2.24, 2.45) is 0 Å². The van der Waals surface area contributed by atoms with Gasteiger partial charge in [-0.3, -0.25) is 0 Å². The van der Waals surface area contributed by atoms with Crippen LogP contribution < -0.4 is 5.32 Å². The quantitative estimate of drug-likeness (QED) is 0.837. The number of likely N-dealkylation sites (tertiary alicyclic amines) is 1. The minimum absolute atomic E-state index is 0.0715. The van der Waals surface area contributed by atoms with E-state index in [4.69, 9.17) is 0 Å². The van der Waals surface area contributed by atoms with Crippen LogP contribution in [0, 0.1) is 0 Å². The van der Waals surface area contributed by atoms with Crippen molar-refractivity contribution in [3.63, 3.8) is 0 Å². The Labute approximate surface area is 139 Å². The van der Waals surface area contributed by atoms with E-state index < -0.39 is 0 Å². The fourth-order valence-corrected chi connectivity index (χ4v) is 3.14. The van der Waals surface area contributed by atoms with Crippen LogP contribution in [0.1, 0.15) is 44.3 Å². The Kier molecular flexibility index (Phi) is 6.89. The van der Waals surface area contributed by atoms with Gasteiger partial charge < -0.3 is 19.7 Å². The van der Waals surface area contributed by atoms with Crippen molar-refractivity contribution in [1.82, 2.24) is 24.7 Å². The Morgan fingerprint density at radius 2 is 2.30 bits per heavy atom. The molecule has 1 saturated heterocycles. The minimum Gasteiger partial charge on any atom is -0.338 e. The van der Waals surface area contributed by atoms with Gasteiger partial charge in [-0.15, -0.1) is 0 Å². The molecule has 0 saturated carbocycles. The van der Waals surface area contributed by atoms with Gasteiger partial charge in [0.25, 0.3) is 0 Å². The van der Waals surface area contributed by atoms with E-state index in [0.717, 1.165) is 64.2 Å². The van der Waals surface area contributed by atoms with Crippen LogP contribution >= 0.6 is 0 Å². The third-order valence-electron chi connectivity index (χ3n) is 4.35. The molecule has 1 N–H and O–H groups in total. The zero-order valence-corrected chi connectivity index (χ0v) is 14.8. The molecule has 2 amide bonds. The number of hydrogen-bond donors (Lipinski definition) is 1. The zero-order chi connectivity index (χ0) is 16.7. The summed E-state index contributed by atoms with van der Waals surface area (Å²) in [6, 6.07) is 0.0715. The zero-order valence-electron chi connectivity index (χ0n) is 14.8. The molecule has 2 rings (SSSR count). The number of aryl methyl sites for hydroxylation is 1. The largest absolute Gasteiger partial charge is 0.338 e. The van der Waals surface area contributed by atoms with E-state index in [1.165, 1.54) is 0 Å². The summed E-state index contributed by atoms with van der Waals surface area (Å²) in [4.78, 5) is 20.9. The number of carbonyl (C=O) groups is 1. The summed E-state index contributed by atoms with van der Waals surface area (Å²) >= 11 is 0. The molecule has 0 spiro atoms. The summed E-state index contributed by atoms with van der Waals surface area (Å²) in [6.45, 7) is 6.52. The first-order chi connectivity index (χ1) is 11.1. The average Bonchev–Trinajstić information content (AvgIpc) is 3.01. The Balaban J connectivity index is 1.93. The second-order valence-corrected chi connectivity index (χ2v) is 6.65. The van der Waals surface area contributed by atoms with Crippen molar-refractivity contribution in [2.45, 2.75) is 45.1 Å². The molecule has 1 aromatic rings. The fraction of sp³-hybridized carbons (Fsp3) is 0.765. The van der Waals surface area contributed by atoms with Gasteiger partial charge in [0.2, 0.25) is 0 Å². The monoisotopic (exact) mass is 321 g/mol. The number of urea groups is 1. The van der Waals surface area contributed by atoms with Gasteiger partial charge in [-0.05, 0) is 46.3 Å². The number of amides is 2. The maximum atomic E-state index is 12.2. The Hall–Kier alpha value is -1.56. The van der Waals surface area contributed by atoms with Crippen LogP contribution in [0.3, 0.4) is 0 Å². The van der Waals surface area contributed by atoms with Gasteiger partial charge in [-0.1, -0.05) is 6.92 Å². The predicted molar refractivity (Wildman–Crippen MR) is 92.6 cm³/mol. The second-order valence-electron chi connectivity index (χ2n) is 6.65. The van der Waals surface area contributed by atoms with E-state index in [-0.39, 0.29) is 6.03 Å². The van der Waals surface area contributed by atoms with Crippen LogP contribution in [0.4, 0.5) is 4.79 Å². The highest BCUT2D eigenvalue weighted by Crippen LogP contribution is 2.26. The first kappa shape index (κ1) is 17.8. The van der Waals surface area contributed by atoms with Crippen molar-refractivity contribution in [3.8, 4) is 0 Å². The molecule has 2 heterocycles. The standard InChI is InChI=1S/C17H31N5O/c1-4-8-19-17(23)22-11-5-7-15(14-22)16-18-9-13-21(16)12-6-10-20(2)3/h9,13,15H,4-8,10-12,14H2,1-3H3,(H,19,23)/t15-/m0/s1. The summed E-state index contributed by atoms with van der Waals surface area (Å²) in [7, 11) is 4.20. The van der Waals surface area contributed by atoms with Gasteiger partial charge in [0.05, 0.1) is 0 Å². The van der Waals surface area contributed by atoms with E-state index in [2.05, 4.69) is 47.0 Å². The Morgan fingerprint density at radius 1 is 1.48 bits per heavy atom. The molecule has 0 aromatic carbocycles. The first-order valence-corrected chi connectivity index (χ1v) is 8.80. The second kappa shape index (κ2) is 8.91. The maximum absolute atomic E-state index is 12.2. The number of aromatic nitrogens is 2. The van der Waals surface area contributed by atoms with Crippen molar-refractivity contribution in [1.29, 1.82) is 0 Å². The lowest BCUT2D eigenvalue weighted by molar-refractivity contribution is 0.177. The molecule has 0 unspecified atom stereocenters. The highest BCUT2D eigenvalue weighted by atomic mass is 16.2. The van der Waals surface area contributed by atoms with Gasteiger partial charge in [0.15, 0.2) is 0 Å². The number of nitrogens with zero attached hydrogens (tertiary/aromatic N) is 4. The maximum Gasteiger partial charge on any atom is 0.317 e. The van der Waals surface area contributed by atoms with Crippen molar-refractivity contribution >= 4 is 6.03 Å².